The van der Waals surface area contributed by atoms with Gasteiger partial charge >= 0.3 is 12.0 Å². The van der Waals surface area contributed by atoms with Crippen molar-refractivity contribution in [3.05, 3.63) is 21.9 Å². The van der Waals surface area contributed by atoms with E-state index >= 15 is 0 Å². The van der Waals surface area contributed by atoms with E-state index in [1.165, 1.54) is 4.88 Å². The number of aliphatic carboxylic acids is 1. The summed E-state index contributed by atoms with van der Waals surface area (Å²) in [4.78, 5) is 26.7. The zero-order valence-electron chi connectivity index (χ0n) is 10.9. The fraction of sp³-hybridized carbons (Fsp3) is 0.538. The van der Waals surface area contributed by atoms with Gasteiger partial charge in [0.1, 0.15) is 0 Å². The largest absolute Gasteiger partial charge is 0.481 e. The molecule has 5 nitrogen and oxygen atoms in total. The van der Waals surface area contributed by atoms with Crippen LogP contribution in [0.4, 0.5) is 4.79 Å². The second kappa shape index (κ2) is 6.06. The molecule has 0 saturated carbocycles. The quantitative estimate of drug-likeness (QED) is 0.886. The molecule has 1 fully saturated rings. The number of rotatable bonds is 4. The molecule has 0 aliphatic carbocycles. The van der Waals surface area contributed by atoms with Gasteiger partial charge in [0.2, 0.25) is 0 Å². The van der Waals surface area contributed by atoms with Gasteiger partial charge < -0.3 is 15.3 Å². The molecule has 1 aromatic heterocycles. The maximum Gasteiger partial charge on any atom is 0.317 e. The van der Waals surface area contributed by atoms with E-state index in [2.05, 4.69) is 18.3 Å². The van der Waals surface area contributed by atoms with Gasteiger partial charge in [-0.2, -0.15) is 0 Å². The van der Waals surface area contributed by atoms with Crippen LogP contribution in [0, 0.1) is 5.92 Å². The predicted molar refractivity (Wildman–Crippen MR) is 73.2 cm³/mol. The highest BCUT2D eigenvalue weighted by atomic mass is 32.1. The van der Waals surface area contributed by atoms with Crippen LogP contribution in [0.15, 0.2) is 12.1 Å². The van der Waals surface area contributed by atoms with Gasteiger partial charge in [0, 0.05) is 22.8 Å². The van der Waals surface area contributed by atoms with E-state index in [-0.39, 0.29) is 6.03 Å². The third-order valence-electron chi connectivity index (χ3n) is 3.30. The van der Waals surface area contributed by atoms with Gasteiger partial charge in [-0.15, -0.1) is 11.3 Å². The average molecular weight is 282 g/mol. The molecule has 1 unspecified atom stereocenters. The molecule has 19 heavy (non-hydrogen) atoms. The Hall–Kier alpha value is -1.56. The van der Waals surface area contributed by atoms with E-state index in [0.29, 0.717) is 26.1 Å². The van der Waals surface area contributed by atoms with Gasteiger partial charge in [0.25, 0.3) is 0 Å². The van der Waals surface area contributed by atoms with Crippen molar-refractivity contribution in [3.8, 4) is 0 Å². The molecule has 1 saturated heterocycles. The van der Waals surface area contributed by atoms with E-state index in [1.807, 2.05) is 6.07 Å². The third kappa shape index (κ3) is 3.47. The molecule has 2 heterocycles. The van der Waals surface area contributed by atoms with E-state index in [4.69, 9.17) is 5.11 Å². The number of carbonyl (C=O) groups excluding carboxylic acids is 1. The van der Waals surface area contributed by atoms with Crippen molar-refractivity contribution in [2.24, 2.45) is 5.92 Å². The minimum absolute atomic E-state index is 0.171. The van der Waals surface area contributed by atoms with Crippen LogP contribution in [-0.4, -0.2) is 35.1 Å². The average Bonchev–Trinajstić information content (AvgIpc) is 3.04. The number of carboxylic acid groups (broad SMARTS) is 1. The SMILES string of the molecule is CCc1ccc(CNC(=O)N2CCC(C(=O)O)C2)s1. The molecule has 1 aliphatic heterocycles. The lowest BCUT2D eigenvalue weighted by molar-refractivity contribution is -0.141. The Bertz CT molecular complexity index is 472. The summed E-state index contributed by atoms with van der Waals surface area (Å²) in [5.41, 5.74) is 0. The summed E-state index contributed by atoms with van der Waals surface area (Å²) in [6, 6.07) is 3.92. The van der Waals surface area contributed by atoms with Gasteiger partial charge in [-0.05, 0) is 25.0 Å². The Kier molecular flexibility index (Phi) is 4.42. The topological polar surface area (TPSA) is 69.6 Å². The predicted octanol–water partition coefficient (Wildman–Crippen LogP) is 1.93. The van der Waals surface area contributed by atoms with Gasteiger partial charge in [-0.3, -0.25) is 4.79 Å². The number of nitrogens with zero attached hydrogens (tertiary/aromatic N) is 1. The number of hydrogen-bond acceptors (Lipinski definition) is 3. The first-order chi connectivity index (χ1) is 9.10. The van der Waals surface area contributed by atoms with Crippen molar-refractivity contribution in [2.45, 2.75) is 26.3 Å². The number of carbonyl (C=O) groups is 2. The van der Waals surface area contributed by atoms with Crippen molar-refractivity contribution in [3.63, 3.8) is 0 Å². The highest BCUT2D eigenvalue weighted by Gasteiger charge is 2.30. The summed E-state index contributed by atoms with van der Waals surface area (Å²) in [7, 11) is 0. The zero-order chi connectivity index (χ0) is 13.8. The molecule has 0 aromatic carbocycles. The second-order valence-corrected chi connectivity index (χ2v) is 5.90. The summed E-state index contributed by atoms with van der Waals surface area (Å²) in [5, 5.41) is 11.7. The van der Waals surface area contributed by atoms with Crippen LogP contribution in [0.5, 0.6) is 0 Å². The Morgan fingerprint density at radius 1 is 1.47 bits per heavy atom. The number of likely N-dealkylation sites (tertiary alicyclic amines) is 1. The molecule has 1 atom stereocenters. The van der Waals surface area contributed by atoms with E-state index in [0.717, 1.165) is 11.3 Å². The maximum atomic E-state index is 11.9. The summed E-state index contributed by atoms with van der Waals surface area (Å²) in [6.07, 6.45) is 1.55. The van der Waals surface area contributed by atoms with Gasteiger partial charge in [0.05, 0.1) is 12.5 Å². The molecule has 1 aliphatic rings. The van der Waals surface area contributed by atoms with Crippen LogP contribution >= 0.6 is 11.3 Å². The first-order valence-corrected chi connectivity index (χ1v) is 7.25. The van der Waals surface area contributed by atoms with E-state index in [1.54, 1.807) is 16.2 Å². The van der Waals surface area contributed by atoms with E-state index in [9.17, 15) is 9.59 Å². The number of urea groups is 1. The second-order valence-electron chi connectivity index (χ2n) is 4.65. The number of carboxylic acids is 1. The maximum absolute atomic E-state index is 11.9. The molecule has 2 N–H and O–H groups in total. The molecular formula is C13H18N2O3S. The Morgan fingerprint density at radius 3 is 2.79 bits per heavy atom. The fourth-order valence-electron chi connectivity index (χ4n) is 2.13. The van der Waals surface area contributed by atoms with Crippen molar-refractivity contribution in [1.82, 2.24) is 10.2 Å². The Balaban J connectivity index is 1.80. The smallest absolute Gasteiger partial charge is 0.317 e. The van der Waals surface area contributed by atoms with Crippen molar-refractivity contribution < 1.29 is 14.7 Å². The number of nitrogens with one attached hydrogen (secondary N) is 1. The van der Waals surface area contributed by atoms with E-state index < -0.39 is 11.9 Å². The summed E-state index contributed by atoms with van der Waals surface area (Å²) >= 11 is 1.70. The summed E-state index contributed by atoms with van der Waals surface area (Å²) in [6.45, 7) is 3.45. The van der Waals surface area contributed by atoms with Crippen LogP contribution in [0.25, 0.3) is 0 Å². The van der Waals surface area contributed by atoms with Gasteiger partial charge in [-0.25, -0.2) is 4.79 Å². The summed E-state index contributed by atoms with van der Waals surface area (Å²) in [5.74, 6) is -1.24. The summed E-state index contributed by atoms with van der Waals surface area (Å²) < 4.78 is 0. The van der Waals surface area contributed by atoms with Crippen LogP contribution in [0.1, 0.15) is 23.1 Å². The monoisotopic (exact) mass is 282 g/mol. The van der Waals surface area contributed by atoms with Crippen LogP contribution < -0.4 is 5.32 Å². The third-order valence-corrected chi connectivity index (χ3v) is 4.53. The van der Waals surface area contributed by atoms with Crippen molar-refractivity contribution in [2.75, 3.05) is 13.1 Å². The van der Waals surface area contributed by atoms with Crippen molar-refractivity contribution in [1.29, 1.82) is 0 Å². The Morgan fingerprint density at radius 2 is 2.21 bits per heavy atom. The molecule has 2 rings (SSSR count). The first kappa shape index (κ1) is 13.9. The molecule has 1 aromatic rings. The number of thiophene rings is 1. The molecule has 0 spiro atoms. The van der Waals surface area contributed by atoms with Gasteiger partial charge in [-0.1, -0.05) is 6.92 Å². The molecule has 2 amide bonds. The molecule has 6 heteroatoms. The fourth-order valence-corrected chi connectivity index (χ4v) is 3.03. The van der Waals surface area contributed by atoms with Gasteiger partial charge in [0.15, 0.2) is 0 Å². The molecular weight excluding hydrogens is 264 g/mol. The molecule has 104 valence electrons. The number of aryl methyl sites for hydroxylation is 1. The van der Waals surface area contributed by atoms with Crippen LogP contribution in [0.2, 0.25) is 0 Å². The highest BCUT2D eigenvalue weighted by Crippen LogP contribution is 2.18. The lowest BCUT2D eigenvalue weighted by Crippen LogP contribution is -2.38. The van der Waals surface area contributed by atoms with Crippen molar-refractivity contribution >= 4 is 23.3 Å². The minimum atomic E-state index is -0.818. The standard InChI is InChI=1S/C13H18N2O3S/c1-2-10-3-4-11(19-10)7-14-13(18)15-6-5-9(8-15)12(16)17/h3-4,9H,2,5-8H2,1H3,(H,14,18)(H,16,17). The zero-order valence-corrected chi connectivity index (χ0v) is 11.7. The van der Waals surface area contributed by atoms with Crippen LogP contribution in [-0.2, 0) is 17.8 Å². The minimum Gasteiger partial charge on any atom is -0.481 e. The normalized spacial score (nSPS) is 18.6. The molecule has 0 radical (unpaired) electrons. The lowest BCUT2D eigenvalue weighted by Gasteiger charge is -2.16. The number of amides is 2. The first-order valence-electron chi connectivity index (χ1n) is 6.43. The lowest BCUT2D eigenvalue weighted by atomic mass is 10.1. The molecule has 0 bridgehead atoms. The Labute approximate surface area is 116 Å². The number of hydrogen-bond donors (Lipinski definition) is 2. The highest BCUT2D eigenvalue weighted by molar-refractivity contribution is 7.11. The van der Waals surface area contributed by atoms with Crippen LogP contribution in [0.3, 0.4) is 0 Å².